The van der Waals surface area contributed by atoms with Crippen LogP contribution in [0.3, 0.4) is 0 Å². The number of fused-ring (bicyclic) bond motifs is 1. The molecular weight excluding hydrogens is 322 g/mol. The van der Waals surface area contributed by atoms with E-state index in [2.05, 4.69) is 9.88 Å². The Hall–Kier alpha value is -2.33. The number of imidazole rings is 1. The van der Waals surface area contributed by atoms with Gasteiger partial charge in [0.15, 0.2) is 0 Å². The van der Waals surface area contributed by atoms with Crippen molar-refractivity contribution in [1.82, 2.24) is 14.9 Å². The molecule has 4 nitrogen and oxygen atoms in total. The zero-order valence-corrected chi connectivity index (χ0v) is 14.5. The number of aromatic nitrogens is 2. The highest BCUT2D eigenvalue weighted by atomic mass is 35.5. The summed E-state index contributed by atoms with van der Waals surface area (Å²) in [6.45, 7) is 4.41. The Kier molecular flexibility index (Phi) is 4.86. The number of carbonyl (C=O) groups is 1. The predicted octanol–water partition coefficient (Wildman–Crippen LogP) is 4.33. The molecule has 0 spiro atoms. The Balaban J connectivity index is 2.05. The van der Waals surface area contributed by atoms with Gasteiger partial charge in [-0.15, -0.1) is 0 Å². The average Bonchev–Trinajstić information content (AvgIpc) is 2.95. The molecular formula is C19H20ClN3O. The molecule has 1 heterocycles. The highest BCUT2D eigenvalue weighted by Crippen LogP contribution is 2.24. The Morgan fingerprint density at radius 2 is 1.92 bits per heavy atom. The van der Waals surface area contributed by atoms with Gasteiger partial charge in [0.25, 0.3) is 0 Å². The van der Waals surface area contributed by atoms with Crippen molar-refractivity contribution in [3.8, 4) is 0 Å². The molecule has 2 aromatic carbocycles. The lowest BCUT2D eigenvalue weighted by Crippen LogP contribution is -2.28. The van der Waals surface area contributed by atoms with E-state index in [-0.39, 0.29) is 11.9 Å². The number of para-hydroxylation sites is 2. The van der Waals surface area contributed by atoms with E-state index in [0.717, 1.165) is 27.4 Å². The van der Waals surface area contributed by atoms with Crippen LogP contribution in [0.5, 0.6) is 0 Å². The molecule has 0 aliphatic heterocycles. The minimum absolute atomic E-state index is 0.0128. The monoisotopic (exact) mass is 341 g/mol. The van der Waals surface area contributed by atoms with Gasteiger partial charge in [0.05, 0.1) is 23.6 Å². The standard InChI is InChI=1S/C19H20ClN3O/c1-3-18(24)21-13(2)19-22-16-10-6-7-11-17(16)23(19)12-14-8-4-5-9-15(14)20/h4-11,13H,3,12H2,1-2H3,(H,21,24)/t13-/m0/s1. The van der Waals surface area contributed by atoms with Crippen LogP contribution >= 0.6 is 11.6 Å². The van der Waals surface area contributed by atoms with Gasteiger partial charge in [0.1, 0.15) is 5.82 Å². The second-order valence-electron chi connectivity index (χ2n) is 5.78. The van der Waals surface area contributed by atoms with Crippen LogP contribution in [0.4, 0.5) is 0 Å². The number of amides is 1. The summed E-state index contributed by atoms with van der Waals surface area (Å²) < 4.78 is 2.12. The molecule has 0 saturated heterocycles. The molecule has 24 heavy (non-hydrogen) atoms. The summed E-state index contributed by atoms with van der Waals surface area (Å²) in [5.74, 6) is 0.844. The molecule has 0 radical (unpaired) electrons. The molecule has 0 fully saturated rings. The largest absolute Gasteiger partial charge is 0.346 e. The van der Waals surface area contributed by atoms with Crippen molar-refractivity contribution in [2.75, 3.05) is 0 Å². The third-order valence-electron chi connectivity index (χ3n) is 4.06. The van der Waals surface area contributed by atoms with E-state index in [1.54, 1.807) is 0 Å². The first-order valence-electron chi connectivity index (χ1n) is 8.08. The molecule has 0 bridgehead atoms. The van der Waals surface area contributed by atoms with Crippen molar-refractivity contribution in [3.05, 3.63) is 64.9 Å². The molecule has 1 atom stereocenters. The van der Waals surface area contributed by atoms with Crippen molar-refractivity contribution < 1.29 is 4.79 Å². The predicted molar refractivity (Wildman–Crippen MR) is 97.1 cm³/mol. The van der Waals surface area contributed by atoms with Crippen LogP contribution in [0.1, 0.15) is 37.7 Å². The van der Waals surface area contributed by atoms with E-state index < -0.39 is 0 Å². The third-order valence-corrected chi connectivity index (χ3v) is 4.43. The van der Waals surface area contributed by atoms with Crippen LogP contribution < -0.4 is 5.32 Å². The summed E-state index contributed by atoms with van der Waals surface area (Å²) in [4.78, 5) is 16.5. The fourth-order valence-corrected chi connectivity index (χ4v) is 2.99. The lowest BCUT2D eigenvalue weighted by atomic mass is 10.2. The first-order chi connectivity index (χ1) is 11.6. The van der Waals surface area contributed by atoms with Gasteiger partial charge in [0, 0.05) is 11.4 Å². The molecule has 0 unspecified atom stereocenters. The highest BCUT2D eigenvalue weighted by Gasteiger charge is 2.18. The van der Waals surface area contributed by atoms with Crippen LogP contribution in [-0.4, -0.2) is 15.5 Å². The average molecular weight is 342 g/mol. The first-order valence-corrected chi connectivity index (χ1v) is 8.46. The summed E-state index contributed by atoms with van der Waals surface area (Å²) in [6, 6.07) is 15.6. The number of nitrogens with zero attached hydrogens (tertiary/aromatic N) is 2. The van der Waals surface area contributed by atoms with Crippen molar-refractivity contribution in [3.63, 3.8) is 0 Å². The maximum absolute atomic E-state index is 11.8. The van der Waals surface area contributed by atoms with Crippen LogP contribution in [0.2, 0.25) is 5.02 Å². The van der Waals surface area contributed by atoms with Gasteiger partial charge in [-0.25, -0.2) is 4.98 Å². The number of hydrogen-bond acceptors (Lipinski definition) is 2. The normalized spacial score (nSPS) is 12.3. The topological polar surface area (TPSA) is 46.9 Å². The van der Waals surface area contributed by atoms with Crippen molar-refractivity contribution in [2.24, 2.45) is 0 Å². The fourth-order valence-electron chi connectivity index (χ4n) is 2.80. The molecule has 1 amide bonds. The van der Waals surface area contributed by atoms with Crippen LogP contribution in [0.25, 0.3) is 11.0 Å². The maximum Gasteiger partial charge on any atom is 0.220 e. The van der Waals surface area contributed by atoms with Crippen molar-refractivity contribution >= 4 is 28.5 Å². The smallest absolute Gasteiger partial charge is 0.220 e. The first kappa shape index (κ1) is 16.5. The second kappa shape index (κ2) is 7.05. The molecule has 0 aliphatic carbocycles. The Bertz CT molecular complexity index is 872. The fraction of sp³-hybridized carbons (Fsp3) is 0.263. The Labute approximate surface area is 146 Å². The molecule has 1 aromatic heterocycles. The minimum Gasteiger partial charge on any atom is -0.346 e. The van der Waals surface area contributed by atoms with Crippen LogP contribution in [0, 0.1) is 0 Å². The minimum atomic E-state index is -0.174. The second-order valence-corrected chi connectivity index (χ2v) is 6.19. The van der Waals surface area contributed by atoms with Gasteiger partial charge in [-0.2, -0.15) is 0 Å². The van der Waals surface area contributed by atoms with Crippen LogP contribution in [0.15, 0.2) is 48.5 Å². The van der Waals surface area contributed by atoms with E-state index in [1.165, 1.54) is 0 Å². The summed E-state index contributed by atoms with van der Waals surface area (Å²) in [7, 11) is 0. The number of hydrogen-bond donors (Lipinski definition) is 1. The molecule has 3 aromatic rings. The summed E-state index contributed by atoms with van der Waals surface area (Å²) in [6.07, 6.45) is 0.453. The van der Waals surface area contributed by atoms with E-state index in [1.807, 2.05) is 62.4 Å². The van der Waals surface area contributed by atoms with E-state index in [4.69, 9.17) is 16.6 Å². The van der Waals surface area contributed by atoms with Gasteiger partial charge in [-0.1, -0.05) is 48.9 Å². The summed E-state index contributed by atoms with van der Waals surface area (Å²) in [5.41, 5.74) is 2.97. The molecule has 3 rings (SSSR count). The number of halogens is 1. The molecule has 5 heteroatoms. The number of nitrogens with one attached hydrogen (secondary N) is 1. The zero-order valence-electron chi connectivity index (χ0n) is 13.8. The number of benzene rings is 2. The van der Waals surface area contributed by atoms with Gasteiger partial charge >= 0.3 is 0 Å². The van der Waals surface area contributed by atoms with Gasteiger partial charge in [-0.3, -0.25) is 4.79 Å². The quantitative estimate of drug-likeness (QED) is 0.751. The molecule has 124 valence electrons. The van der Waals surface area contributed by atoms with Crippen LogP contribution in [-0.2, 0) is 11.3 Å². The Morgan fingerprint density at radius 3 is 2.67 bits per heavy atom. The number of rotatable bonds is 5. The van der Waals surface area contributed by atoms with E-state index in [0.29, 0.717) is 13.0 Å². The van der Waals surface area contributed by atoms with E-state index >= 15 is 0 Å². The SMILES string of the molecule is CCC(=O)N[C@@H](C)c1nc2ccccc2n1Cc1ccccc1Cl. The van der Waals surface area contributed by atoms with E-state index in [9.17, 15) is 4.79 Å². The zero-order chi connectivity index (χ0) is 17.1. The Morgan fingerprint density at radius 1 is 1.21 bits per heavy atom. The molecule has 1 N–H and O–H groups in total. The van der Waals surface area contributed by atoms with Gasteiger partial charge in [-0.05, 0) is 30.7 Å². The molecule has 0 saturated carbocycles. The summed E-state index contributed by atoms with van der Waals surface area (Å²) in [5, 5.41) is 3.72. The lowest BCUT2D eigenvalue weighted by Gasteiger charge is -2.16. The maximum atomic E-state index is 11.8. The number of carbonyl (C=O) groups excluding carboxylic acids is 1. The van der Waals surface area contributed by atoms with Gasteiger partial charge in [0.2, 0.25) is 5.91 Å². The van der Waals surface area contributed by atoms with Crippen molar-refractivity contribution in [2.45, 2.75) is 32.9 Å². The third kappa shape index (κ3) is 3.29. The van der Waals surface area contributed by atoms with Gasteiger partial charge < -0.3 is 9.88 Å². The molecule has 0 aliphatic rings. The lowest BCUT2D eigenvalue weighted by molar-refractivity contribution is -0.121. The van der Waals surface area contributed by atoms with Crippen molar-refractivity contribution in [1.29, 1.82) is 0 Å². The summed E-state index contributed by atoms with van der Waals surface area (Å²) >= 11 is 6.33. The highest BCUT2D eigenvalue weighted by molar-refractivity contribution is 6.31.